The third-order valence-electron chi connectivity index (χ3n) is 1.81. The predicted molar refractivity (Wildman–Crippen MR) is 35.8 cm³/mol. The van der Waals surface area contributed by atoms with Crippen molar-refractivity contribution in [3.8, 4) is 0 Å². The van der Waals surface area contributed by atoms with Crippen molar-refractivity contribution < 1.29 is 5.11 Å². The Labute approximate surface area is 55.4 Å². The van der Waals surface area contributed by atoms with Crippen LogP contribution in [0.25, 0.3) is 0 Å². The van der Waals surface area contributed by atoms with Gasteiger partial charge >= 0.3 is 0 Å². The highest BCUT2D eigenvalue weighted by molar-refractivity contribution is 4.80. The van der Waals surface area contributed by atoms with E-state index in [-0.39, 0.29) is 12.1 Å². The first-order valence-corrected chi connectivity index (χ1v) is 3.45. The first-order valence-electron chi connectivity index (χ1n) is 3.45. The van der Waals surface area contributed by atoms with Gasteiger partial charge in [-0.25, -0.2) is 0 Å². The summed E-state index contributed by atoms with van der Waals surface area (Å²) < 4.78 is 0. The summed E-state index contributed by atoms with van der Waals surface area (Å²) in [5, 5.41) is 9.22. The molecule has 0 aromatic heterocycles. The van der Waals surface area contributed by atoms with Gasteiger partial charge in [0.1, 0.15) is 0 Å². The molecular formula is C6H14N2O. The summed E-state index contributed by atoms with van der Waals surface area (Å²) in [6.45, 7) is 0. The Morgan fingerprint density at radius 2 is 2.22 bits per heavy atom. The second kappa shape index (κ2) is 3.15. The lowest BCUT2D eigenvalue weighted by Crippen LogP contribution is -2.42. The first-order chi connectivity index (χ1) is 4.34. The Balaban J connectivity index is 2.22. The van der Waals surface area contributed by atoms with Crippen LogP contribution in [0.2, 0.25) is 0 Å². The van der Waals surface area contributed by atoms with Gasteiger partial charge in [0.25, 0.3) is 0 Å². The number of aliphatic hydroxyl groups excluding tert-OH is 1. The van der Waals surface area contributed by atoms with Gasteiger partial charge in [-0.1, -0.05) is 0 Å². The monoisotopic (exact) mass is 130 g/mol. The Kier molecular flexibility index (Phi) is 2.45. The average molecular weight is 130 g/mol. The number of hydrogen-bond acceptors (Lipinski definition) is 3. The molecule has 54 valence electrons. The van der Waals surface area contributed by atoms with Crippen LogP contribution < -0.4 is 10.9 Å². The van der Waals surface area contributed by atoms with Crippen LogP contribution in [0.4, 0.5) is 0 Å². The number of hydrazine groups is 1. The van der Waals surface area contributed by atoms with E-state index in [0.717, 1.165) is 19.3 Å². The van der Waals surface area contributed by atoms with Gasteiger partial charge in [0.15, 0.2) is 0 Å². The minimum absolute atomic E-state index is 0.141. The fourth-order valence-corrected chi connectivity index (χ4v) is 1.29. The van der Waals surface area contributed by atoms with Crippen molar-refractivity contribution in [2.24, 2.45) is 0 Å². The smallest absolute Gasteiger partial charge is 0.0706 e. The van der Waals surface area contributed by atoms with Crippen molar-refractivity contribution in [2.45, 2.75) is 31.4 Å². The molecule has 0 aliphatic heterocycles. The van der Waals surface area contributed by atoms with Gasteiger partial charge in [-0.2, -0.15) is 0 Å². The van der Waals surface area contributed by atoms with E-state index in [9.17, 15) is 5.11 Å². The van der Waals surface area contributed by atoms with Crippen molar-refractivity contribution in [3.63, 3.8) is 0 Å². The highest BCUT2D eigenvalue weighted by Crippen LogP contribution is 2.17. The molecule has 2 atom stereocenters. The lowest BCUT2D eigenvalue weighted by Gasteiger charge is -2.14. The molecule has 3 nitrogen and oxygen atoms in total. The van der Waals surface area contributed by atoms with Crippen LogP contribution in [-0.4, -0.2) is 24.3 Å². The van der Waals surface area contributed by atoms with Crippen LogP contribution in [0, 0.1) is 0 Å². The maximum atomic E-state index is 9.22. The number of rotatable bonds is 2. The fraction of sp³-hybridized carbons (Fsp3) is 1.00. The second-order valence-corrected chi connectivity index (χ2v) is 2.50. The van der Waals surface area contributed by atoms with Gasteiger partial charge in [-0.15, -0.1) is 0 Å². The predicted octanol–water partition coefficient (Wildman–Crippen LogP) is -0.376. The maximum absolute atomic E-state index is 9.22. The van der Waals surface area contributed by atoms with E-state index in [4.69, 9.17) is 0 Å². The van der Waals surface area contributed by atoms with E-state index in [2.05, 4.69) is 10.9 Å². The SMILES string of the molecule is CNN[C@H]1CCC[C@H]1O. The van der Waals surface area contributed by atoms with Gasteiger partial charge in [0.2, 0.25) is 0 Å². The summed E-state index contributed by atoms with van der Waals surface area (Å²) in [4.78, 5) is 0. The van der Waals surface area contributed by atoms with Crippen LogP contribution >= 0.6 is 0 Å². The molecular weight excluding hydrogens is 116 g/mol. The molecule has 0 aromatic carbocycles. The van der Waals surface area contributed by atoms with Gasteiger partial charge in [-0.05, 0) is 26.3 Å². The highest BCUT2D eigenvalue weighted by Gasteiger charge is 2.23. The van der Waals surface area contributed by atoms with Crippen molar-refractivity contribution in [1.29, 1.82) is 0 Å². The first kappa shape index (κ1) is 6.99. The molecule has 0 bridgehead atoms. The normalized spacial score (nSPS) is 35.3. The van der Waals surface area contributed by atoms with Gasteiger partial charge in [-0.3, -0.25) is 10.9 Å². The molecule has 1 rings (SSSR count). The zero-order valence-electron chi connectivity index (χ0n) is 5.72. The third kappa shape index (κ3) is 1.64. The maximum Gasteiger partial charge on any atom is 0.0706 e. The van der Waals surface area contributed by atoms with Gasteiger partial charge in [0.05, 0.1) is 6.10 Å². The highest BCUT2D eigenvalue weighted by atomic mass is 16.3. The number of nitrogens with one attached hydrogen (secondary N) is 2. The quantitative estimate of drug-likeness (QED) is 0.447. The summed E-state index contributed by atoms with van der Waals surface area (Å²) in [7, 11) is 1.82. The molecule has 0 heterocycles. The largest absolute Gasteiger partial charge is 0.391 e. The van der Waals surface area contributed by atoms with E-state index in [0.29, 0.717) is 0 Å². The minimum Gasteiger partial charge on any atom is -0.391 e. The topological polar surface area (TPSA) is 44.3 Å². The van der Waals surface area contributed by atoms with Crippen LogP contribution in [0.5, 0.6) is 0 Å². The Bertz CT molecular complexity index is 87.1. The van der Waals surface area contributed by atoms with Crippen molar-refractivity contribution in [3.05, 3.63) is 0 Å². The van der Waals surface area contributed by atoms with Crippen molar-refractivity contribution >= 4 is 0 Å². The van der Waals surface area contributed by atoms with Gasteiger partial charge < -0.3 is 5.11 Å². The summed E-state index contributed by atoms with van der Waals surface area (Å²) in [6.07, 6.45) is 3.03. The van der Waals surface area contributed by atoms with E-state index >= 15 is 0 Å². The second-order valence-electron chi connectivity index (χ2n) is 2.50. The van der Waals surface area contributed by atoms with Crippen LogP contribution in [0.3, 0.4) is 0 Å². The lowest BCUT2D eigenvalue weighted by molar-refractivity contribution is 0.143. The lowest BCUT2D eigenvalue weighted by atomic mass is 10.2. The molecule has 0 spiro atoms. The molecule has 3 heteroatoms. The minimum atomic E-state index is -0.141. The summed E-state index contributed by atoms with van der Waals surface area (Å²) >= 11 is 0. The van der Waals surface area contributed by atoms with Gasteiger partial charge in [0, 0.05) is 6.04 Å². The molecule has 1 aliphatic rings. The molecule has 0 radical (unpaired) electrons. The molecule has 0 aromatic rings. The molecule has 0 saturated heterocycles. The molecule has 1 fully saturated rings. The fourth-order valence-electron chi connectivity index (χ4n) is 1.29. The number of aliphatic hydroxyl groups is 1. The van der Waals surface area contributed by atoms with E-state index in [1.54, 1.807) is 0 Å². The molecule has 1 saturated carbocycles. The van der Waals surface area contributed by atoms with Crippen LogP contribution in [0.1, 0.15) is 19.3 Å². The van der Waals surface area contributed by atoms with Crippen molar-refractivity contribution in [1.82, 2.24) is 10.9 Å². The molecule has 0 unspecified atom stereocenters. The molecule has 3 N–H and O–H groups in total. The Morgan fingerprint density at radius 3 is 2.67 bits per heavy atom. The standard InChI is InChI=1S/C6H14N2O/c1-7-8-5-3-2-4-6(5)9/h5-9H,2-4H2,1H3/t5-,6+/m0/s1. The van der Waals surface area contributed by atoms with E-state index in [1.165, 1.54) is 0 Å². The molecule has 9 heavy (non-hydrogen) atoms. The Morgan fingerprint density at radius 1 is 1.44 bits per heavy atom. The van der Waals surface area contributed by atoms with Crippen LogP contribution in [-0.2, 0) is 0 Å². The Hall–Kier alpha value is -0.120. The van der Waals surface area contributed by atoms with Crippen LogP contribution in [0.15, 0.2) is 0 Å². The zero-order chi connectivity index (χ0) is 6.69. The zero-order valence-corrected chi connectivity index (χ0v) is 5.72. The average Bonchev–Trinajstić information content (AvgIpc) is 2.18. The van der Waals surface area contributed by atoms with E-state index < -0.39 is 0 Å². The molecule has 1 aliphatic carbocycles. The van der Waals surface area contributed by atoms with Crippen molar-refractivity contribution in [2.75, 3.05) is 7.05 Å². The summed E-state index contributed by atoms with van der Waals surface area (Å²) in [5.41, 5.74) is 5.82. The summed E-state index contributed by atoms with van der Waals surface area (Å²) in [5.74, 6) is 0. The van der Waals surface area contributed by atoms with E-state index in [1.807, 2.05) is 7.05 Å². The number of hydrogen-bond donors (Lipinski definition) is 3. The summed E-state index contributed by atoms with van der Waals surface area (Å²) in [6, 6.07) is 0.273. The molecule has 0 amide bonds. The third-order valence-corrected chi connectivity index (χ3v) is 1.81.